The molecule has 0 bridgehead atoms. The van der Waals surface area contributed by atoms with Crippen molar-refractivity contribution in [2.75, 3.05) is 19.4 Å². The van der Waals surface area contributed by atoms with E-state index in [-0.39, 0.29) is 6.61 Å². The zero-order chi connectivity index (χ0) is 13.8. The van der Waals surface area contributed by atoms with E-state index in [1.54, 1.807) is 6.92 Å². The summed E-state index contributed by atoms with van der Waals surface area (Å²) in [5, 5.41) is 9.82. The molecule has 1 fully saturated rings. The Morgan fingerprint density at radius 1 is 1.39 bits per heavy atom. The Labute approximate surface area is 108 Å². The molecule has 0 aromatic carbocycles. The molecular formula is C11H21NO5S. The molecule has 106 valence electrons. The molecule has 0 aromatic rings. The van der Waals surface area contributed by atoms with Crippen LogP contribution < -0.4 is 0 Å². The maximum Gasteiger partial charge on any atom is 0.322 e. The SMILES string of the molecule is CCOC(=O)CS(=O)(=O)N(C)C1CCCCC1O. The highest BCUT2D eigenvalue weighted by Crippen LogP contribution is 2.24. The summed E-state index contributed by atoms with van der Waals surface area (Å²) < 4.78 is 29.7. The number of esters is 1. The van der Waals surface area contributed by atoms with Gasteiger partial charge >= 0.3 is 5.97 Å². The summed E-state index contributed by atoms with van der Waals surface area (Å²) >= 11 is 0. The van der Waals surface area contributed by atoms with E-state index in [4.69, 9.17) is 0 Å². The average molecular weight is 279 g/mol. The lowest BCUT2D eigenvalue weighted by Crippen LogP contribution is -2.47. The van der Waals surface area contributed by atoms with Crippen molar-refractivity contribution >= 4 is 16.0 Å². The van der Waals surface area contributed by atoms with E-state index in [2.05, 4.69) is 4.74 Å². The third kappa shape index (κ3) is 3.93. The van der Waals surface area contributed by atoms with Crippen LogP contribution in [0.15, 0.2) is 0 Å². The first kappa shape index (κ1) is 15.4. The molecule has 1 saturated carbocycles. The number of ether oxygens (including phenoxy) is 1. The number of likely N-dealkylation sites (N-methyl/N-ethyl adjacent to an activating group) is 1. The van der Waals surface area contributed by atoms with E-state index < -0.39 is 33.9 Å². The van der Waals surface area contributed by atoms with E-state index in [0.717, 1.165) is 17.1 Å². The molecule has 2 atom stereocenters. The van der Waals surface area contributed by atoms with Gasteiger partial charge in [-0.3, -0.25) is 4.79 Å². The van der Waals surface area contributed by atoms with Gasteiger partial charge in [0.15, 0.2) is 5.75 Å². The maximum absolute atomic E-state index is 12.0. The number of hydrogen-bond acceptors (Lipinski definition) is 5. The van der Waals surface area contributed by atoms with E-state index in [1.165, 1.54) is 7.05 Å². The van der Waals surface area contributed by atoms with Crippen molar-refractivity contribution in [2.24, 2.45) is 0 Å². The smallest absolute Gasteiger partial charge is 0.322 e. The van der Waals surface area contributed by atoms with Gasteiger partial charge in [0.25, 0.3) is 0 Å². The number of carbonyl (C=O) groups excluding carboxylic acids is 1. The lowest BCUT2D eigenvalue weighted by Gasteiger charge is -2.34. The van der Waals surface area contributed by atoms with Crippen molar-refractivity contribution in [3.63, 3.8) is 0 Å². The van der Waals surface area contributed by atoms with Crippen molar-refractivity contribution in [3.05, 3.63) is 0 Å². The van der Waals surface area contributed by atoms with Crippen LogP contribution in [0.2, 0.25) is 0 Å². The summed E-state index contributed by atoms with van der Waals surface area (Å²) in [4.78, 5) is 11.2. The molecule has 0 heterocycles. The molecular weight excluding hydrogens is 258 g/mol. The Hall–Kier alpha value is -0.660. The lowest BCUT2D eigenvalue weighted by molar-refractivity contribution is -0.140. The van der Waals surface area contributed by atoms with Gasteiger partial charge in [0.1, 0.15) is 0 Å². The molecule has 0 aliphatic heterocycles. The summed E-state index contributed by atoms with van der Waals surface area (Å²) in [5.74, 6) is -1.42. The predicted molar refractivity (Wildman–Crippen MR) is 66.4 cm³/mol. The van der Waals surface area contributed by atoms with Crippen LogP contribution in [0.1, 0.15) is 32.6 Å². The first-order chi connectivity index (χ1) is 8.38. The summed E-state index contributed by atoms with van der Waals surface area (Å²) in [5.41, 5.74) is 0. The average Bonchev–Trinajstić information content (AvgIpc) is 2.28. The lowest BCUT2D eigenvalue weighted by atomic mass is 9.93. The summed E-state index contributed by atoms with van der Waals surface area (Å²) in [6.07, 6.45) is 2.37. The summed E-state index contributed by atoms with van der Waals surface area (Å²) in [6, 6.07) is -0.432. The molecule has 18 heavy (non-hydrogen) atoms. The number of sulfonamides is 1. The van der Waals surface area contributed by atoms with Gasteiger partial charge in [-0.1, -0.05) is 12.8 Å². The Balaban J connectivity index is 2.68. The van der Waals surface area contributed by atoms with Gasteiger partial charge in [-0.2, -0.15) is 4.31 Å². The van der Waals surface area contributed by atoms with Crippen LogP contribution in [0.4, 0.5) is 0 Å². The van der Waals surface area contributed by atoms with Crippen LogP contribution in [-0.4, -0.2) is 55.4 Å². The second-order valence-electron chi connectivity index (χ2n) is 4.50. The first-order valence-electron chi connectivity index (χ1n) is 6.18. The van der Waals surface area contributed by atoms with Gasteiger partial charge in [-0.25, -0.2) is 8.42 Å². The molecule has 1 aliphatic carbocycles. The molecule has 7 heteroatoms. The van der Waals surface area contributed by atoms with E-state index >= 15 is 0 Å². The highest BCUT2D eigenvalue weighted by atomic mass is 32.2. The molecule has 0 saturated heterocycles. The molecule has 2 unspecified atom stereocenters. The molecule has 0 radical (unpaired) electrons. The molecule has 6 nitrogen and oxygen atoms in total. The van der Waals surface area contributed by atoms with Crippen molar-refractivity contribution in [2.45, 2.75) is 44.8 Å². The predicted octanol–water partition coefficient (Wildman–Crippen LogP) is 0.115. The van der Waals surface area contributed by atoms with Crippen molar-refractivity contribution in [3.8, 4) is 0 Å². The fourth-order valence-electron chi connectivity index (χ4n) is 2.18. The normalized spacial score (nSPS) is 25.1. The fourth-order valence-corrected chi connectivity index (χ4v) is 3.42. The molecule has 0 amide bonds. The van der Waals surface area contributed by atoms with Crippen LogP contribution in [0.25, 0.3) is 0 Å². The van der Waals surface area contributed by atoms with Gasteiger partial charge in [0, 0.05) is 7.05 Å². The highest BCUT2D eigenvalue weighted by Gasteiger charge is 2.34. The molecule has 1 rings (SSSR count). The number of carbonyl (C=O) groups is 1. The molecule has 0 aromatic heterocycles. The Bertz CT molecular complexity index is 381. The monoisotopic (exact) mass is 279 g/mol. The number of rotatable bonds is 5. The van der Waals surface area contributed by atoms with Gasteiger partial charge in [0.2, 0.25) is 10.0 Å². The highest BCUT2D eigenvalue weighted by molar-refractivity contribution is 7.89. The zero-order valence-electron chi connectivity index (χ0n) is 10.8. The third-order valence-electron chi connectivity index (χ3n) is 3.21. The fraction of sp³-hybridized carbons (Fsp3) is 0.909. The number of hydrogen-bond donors (Lipinski definition) is 1. The second-order valence-corrected chi connectivity index (χ2v) is 6.53. The van der Waals surface area contributed by atoms with Crippen LogP contribution in [0.3, 0.4) is 0 Å². The van der Waals surface area contributed by atoms with Crippen LogP contribution in [0.5, 0.6) is 0 Å². The van der Waals surface area contributed by atoms with Gasteiger partial charge in [0.05, 0.1) is 18.8 Å². The first-order valence-corrected chi connectivity index (χ1v) is 7.78. The Kier molecular flexibility index (Phi) is 5.55. The minimum Gasteiger partial charge on any atom is -0.465 e. The molecule has 1 N–H and O–H groups in total. The number of aliphatic hydroxyl groups is 1. The van der Waals surface area contributed by atoms with Gasteiger partial charge < -0.3 is 9.84 Å². The minimum absolute atomic E-state index is 0.157. The van der Waals surface area contributed by atoms with Crippen LogP contribution >= 0.6 is 0 Å². The molecule has 1 aliphatic rings. The minimum atomic E-state index is -3.72. The van der Waals surface area contributed by atoms with Crippen molar-refractivity contribution in [1.82, 2.24) is 4.31 Å². The second kappa shape index (κ2) is 6.49. The van der Waals surface area contributed by atoms with E-state index in [9.17, 15) is 18.3 Å². The number of nitrogens with zero attached hydrogens (tertiary/aromatic N) is 1. The van der Waals surface area contributed by atoms with Crippen molar-refractivity contribution < 1.29 is 23.1 Å². The quantitative estimate of drug-likeness (QED) is 0.722. The Morgan fingerprint density at radius 3 is 2.56 bits per heavy atom. The molecule has 0 spiro atoms. The van der Waals surface area contributed by atoms with E-state index in [0.29, 0.717) is 12.8 Å². The van der Waals surface area contributed by atoms with E-state index in [1.807, 2.05) is 0 Å². The summed E-state index contributed by atoms with van der Waals surface area (Å²) in [6.45, 7) is 1.78. The number of aliphatic hydroxyl groups excluding tert-OH is 1. The standard InChI is InChI=1S/C11H21NO5S/c1-3-17-11(14)8-18(15,16)12(2)9-6-4-5-7-10(9)13/h9-10,13H,3-8H2,1-2H3. The van der Waals surface area contributed by atoms with Crippen LogP contribution in [0, 0.1) is 0 Å². The van der Waals surface area contributed by atoms with Gasteiger partial charge in [-0.15, -0.1) is 0 Å². The largest absolute Gasteiger partial charge is 0.465 e. The zero-order valence-corrected chi connectivity index (χ0v) is 11.6. The van der Waals surface area contributed by atoms with Crippen LogP contribution in [-0.2, 0) is 19.6 Å². The van der Waals surface area contributed by atoms with Crippen molar-refractivity contribution in [1.29, 1.82) is 0 Å². The Morgan fingerprint density at radius 2 is 2.00 bits per heavy atom. The summed E-state index contributed by atoms with van der Waals surface area (Å²) in [7, 11) is -2.30. The van der Waals surface area contributed by atoms with Gasteiger partial charge in [-0.05, 0) is 19.8 Å². The third-order valence-corrected chi connectivity index (χ3v) is 4.95. The topological polar surface area (TPSA) is 83.9 Å². The maximum atomic E-state index is 12.0.